The van der Waals surface area contributed by atoms with Crippen LogP contribution in [-0.2, 0) is 19.4 Å². The highest BCUT2D eigenvalue weighted by Crippen LogP contribution is 2.38. The zero-order chi connectivity index (χ0) is 23.5. The van der Waals surface area contributed by atoms with Gasteiger partial charge in [-0.05, 0) is 80.5 Å². The first-order chi connectivity index (χ1) is 16.5. The van der Waals surface area contributed by atoms with Crippen molar-refractivity contribution < 1.29 is 0 Å². The van der Waals surface area contributed by atoms with Gasteiger partial charge in [-0.1, -0.05) is 25.6 Å². The normalized spacial score (nSPS) is 18.6. The molecule has 7 nitrogen and oxygen atoms in total. The maximum atomic E-state index is 4.80. The second-order valence-electron chi connectivity index (χ2n) is 10.5. The second kappa shape index (κ2) is 10.0. The van der Waals surface area contributed by atoms with E-state index in [0.29, 0.717) is 11.3 Å². The number of H-pyrrole nitrogens is 1. The summed E-state index contributed by atoms with van der Waals surface area (Å²) >= 11 is 1.58. The lowest BCUT2D eigenvalue weighted by molar-refractivity contribution is 0.182. The number of thioether (sulfide) groups is 1. The van der Waals surface area contributed by atoms with E-state index in [0.717, 1.165) is 61.4 Å². The number of nitrogens with one attached hydrogen (secondary N) is 2. The fourth-order valence-corrected chi connectivity index (χ4v) is 5.51. The molecular formula is C26H35N7S. The maximum Gasteiger partial charge on any atom is 0.189 e. The number of rotatable bonds is 7. The third-order valence-corrected chi connectivity index (χ3v) is 7.77. The standard InChI is InChI=1S/C26H35N7S/c1-26(2)9-4-20-22(15-26)31-32-24(20)21-14-23(30-25(29-21)34-3)28-16-18-7-12-33(13-8-18)17-19-5-10-27-11-6-19/h5-6,10-11,14,18H,4,7-9,12-13,15-17H2,1-3H3,(H,31,32)(H,28,29,30). The first-order valence-corrected chi connectivity index (χ1v) is 13.6. The van der Waals surface area contributed by atoms with Crippen LogP contribution in [0, 0.1) is 11.3 Å². The number of hydrogen-bond acceptors (Lipinski definition) is 7. The molecule has 0 bridgehead atoms. The van der Waals surface area contributed by atoms with Gasteiger partial charge in [-0.15, -0.1) is 0 Å². The molecule has 0 amide bonds. The number of pyridine rings is 1. The maximum absolute atomic E-state index is 4.80. The Morgan fingerprint density at radius 2 is 1.97 bits per heavy atom. The molecule has 180 valence electrons. The van der Waals surface area contributed by atoms with Crippen LogP contribution >= 0.6 is 11.8 Å². The molecule has 0 spiro atoms. The molecule has 0 unspecified atom stereocenters. The van der Waals surface area contributed by atoms with Gasteiger partial charge in [0.2, 0.25) is 0 Å². The quantitative estimate of drug-likeness (QED) is 0.373. The highest BCUT2D eigenvalue weighted by Gasteiger charge is 2.29. The number of aromatic nitrogens is 5. The first kappa shape index (κ1) is 23.3. The van der Waals surface area contributed by atoms with Gasteiger partial charge in [0, 0.05) is 42.8 Å². The van der Waals surface area contributed by atoms with Crippen LogP contribution < -0.4 is 5.32 Å². The second-order valence-corrected chi connectivity index (χ2v) is 11.2. The highest BCUT2D eigenvalue weighted by atomic mass is 32.2. The van der Waals surface area contributed by atoms with E-state index in [-0.39, 0.29) is 0 Å². The van der Waals surface area contributed by atoms with Crippen molar-refractivity contribution in [2.24, 2.45) is 11.3 Å². The summed E-state index contributed by atoms with van der Waals surface area (Å²) in [6, 6.07) is 6.30. The molecule has 2 aliphatic rings. The highest BCUT2D eigenvalue weighted by molar-refractivity contribution is 7.98. The smallest absolute Gasteiger partial charge is 0.189 e. The van der Waals surface area contributed by atoms with E-state index in [2.05, 4.69) is 57.4 Å². The van der Waals surface area contributed by atoms with Gasteiger partial charge in [0.25, 0.3) is 0 Å². The fraction of sp³-hybridized carbons (Fsp3) is 0.538. The molecule has 0 radical (unpaired) electrons. The monoisotopic (exact) mass is 477 g/mol. The molecule has 1 aliphatic heterocycles. The number of likely N-dealkylation sites (tertiary alicyclic amines) is 1. The predicted molar refractivity (Wildman–Crippen MR) is 138 cm³/mol. The minimum Gasteiger partial charge on any atom is -0.370 e. The molecule has 3 aromatic heterocycles. The van der Waals surface area contributed by atoms with Crippen LogP contribution in [0.3, 0.4) is 0 Å². The van der Waals surface area contributed by atoms with Gasteiger partial charge >= 0.3 is 0 Å². The molecule has 1 aliphatic carbocycles. The van der Waals surface area contributed by atoms with Crippen LogP contribution in [0.4, 0.5) is 5.82 Å². The van der Waals surface area contributed by atoms with E-state index in [9.17, 15) is 0 Å². The zero-order valence-electron chi connectivity index (χ0n) is 20.5. The Morgan fingerprint density at radius 1 is 1.18 bits per heavy atom. The van der Waals surface area contributed by atoms with Gasteiger partial charge in [0.1, 0.15) is 11.5 Å². The van der Waals surface area contributed by atoms with E-state index in [1.807, 2.05) is 18.6 Å². The number of aromatic amines is 1. The largest absolute Gasteiger partial charge is 0.370 e. The van der Waals surface area contributed by atoms with Crippen LogP contribution in [0.5, 0.6) is 0 Å². The average Bonchev–Trinajstić information content (AvgIpc) is 3.26. The summed E-state index contributed by atoms with van der Waals surface area (Å²) < 4.78 is 0. The Labute approximate surface area is 206 Å². The summed E-state index contributed by atoms with van der Waals surface area (Å²) in [6.45, 7) is 8.89. The number of anilines is 1. The van der Waals surface area contributed by atoms with Crippen LogP contribution in [-0.4, -0.2) is 55.9 Å². The molecule has 34 heavy (non-hydrogen) atoms. The fourth-order valence-electron chi connectivity index (χ4n) is 5.13. The van der Waals surface area contributed by atoms with Crippen molar-refractivity contribution >= 4 is 17.6 Å². The van der Waals surface area contributed by atoms with Gasteiger partial charge in [0.05, 0.1) is 5.69 Å². The molecule has 3 aromatic rings. The number of fused-ring (bicyclic) bond motifs is 1. The minimum absolute atomic E-state index is 0.327. The summed E-state index contributed by atoms with van der Waals surface area (Å²) in [5, 5.41) is 12.4. The van der Waals surface area contributed by atoms with E-state index < -0.39 is 0 Å². The molecule has 2 N–H and O–H groups in total. The predicted octanol–water partition coefficient (Wildman–Crippen LogP) is 4.82. The Bertz CT molecular complexity index is 1100. The van der Waals surface area contributed by atoms with Crippen LogP contribution in [0.25, 0.3) is 11.4 Å². The van der Waals surface area contributed by atoms with E-state index in [1.165, 1.54) is 36.1 Å². The number of hydrogen-bond donors (Lipinski definition) is 2. The molecule has 4 heterocycles. The van der Waals surface area contributed by atoms with Crippen molar-refractivity contribution in [1.82, 2.24) is 30.0 Å². The van der Waals surface area contributed by atoms with Gasteiger partial charge in [-0.25, -0.2) is 9.97 Å². The molecule has 1 saturated heterocycles. The van der Waals surface area contributed by atoms with Crippen LogP contribution in [0.1, 0.15) is 49.9 Å². The molecule has 5 rings (SSSR count). The van der Waals surface area contributed by atoms with Crippen LogP contribution in [0.2, 0.25) is 0 Å². The molecule has 0 saturated carbocycles. The van der Waals surface area contributed by atoms with Gasteiger partial charge in [0.15, 0.2) is 5.16 Å². The van der Waals surface area contributed by atoms with E-state index in [4.69, 9.17) is 9.97 Å². The molecule has 0 aromatic carbocycles. The van der Waals surface area contributed by atoms with Gasteiger partial charge in [-0.2, -0.15) is 5.10 Å². The number of piperidine rings is 1. The number of nitrogens with zero attached hydrogens (tertiary/aromatic N) is 5. The molecule has 0 atom stereocenters. The lowest BCUT2D eigenvalue weighted by Gasteiger charge is -2.32. The lowest BCUT2D eigenvalue weighted by atomic mass is 9.76. The third-order valence-electron chi connectivity index (χ3n) is 7.23. The van der Waals surface area contributed by atoms with Crippen molar-refractivity contribution in [2.45, 2.75) is 57.7 Å². The topological polar surface area (TPSA) is 82.6 Å². The van der Waals surface area contributed by atoms with Gasteiger partial charge in [-0.3, -0.25) is 15.0 Å². The van der Waals surface area contributed by atoms with E-state index >= 15 is 0 Å². The molecular weight excluding hydrogens is 442 g/mol. The average molecular weight is 478 g/mol. The minimum atomic E-state index is 0.327. The molecule has 8 heteroatoms. The van der Waals surface area contributed by atoms with Crippen molar-refractivity contribution in [3.05, 3.63) is 47.4 Å². The summed E-state index contributed by atoms with van der Waals surface area (Å²) in [5.41, 5.74) is 6.19. The SMILES string of the molecule is CSc1nc(NCC2CCN(Cc3ccncc3)CC2)cc(-c2n[nH]c3c2CCC(C)(C)C3)n1. The summed E-state index contributed by atoms with van der Waals surface area (Å²) in [6.07, 6.45) is 11.5. The van der Waals surface area contributed by atoms with Crippen LogP contribution in [0.15, 0.2) is 35.7 Å². The Balaban J connectivity index is 1.22. The first-order valence-electron chi connectivity index (χ1n) is 12.3. The lowest BCUT2D eigenvalue weighted by Crippen LogP contribution is -2.35. The van der Waals surface area contributed by atoms with Crippen molar-refractivity contribution in [3.63, 3.8) is 0 Å². The zero-order valence-corrected chi connectivity index (χ0v) is 21.3. The third kappa shape index (κ3) is 5.44. The Morgan fingerprint density at radius 3 is 2.74 bits per heavy atom. The van der Waals surface area contributed by atoms with Crippen molar-refractivity contribution in [1.29, 1.82) is 0 Å². The van der Waals surface area contributed by atoms with Crippen molar-refractivity contribution in [2.75, 3.05) is 31.2 Å². The summed E-state index contributed by atoms with van der Waals surface area (Å²) in [7, 11) is 0. The Hall–Kier alpha value is -2.45. The van der Waals surface area contributed by atoms with Gasteiger partial charge < -0.3 is 5.32 Å². The van der Waals surface area contributed by atoms with E-state index in [1.54, 1.807) is 11.8 Å². The molecule has 1 fully saturated rings. The van der Waals surface area contributed by atoms with Crippen molar-refractivity contribution in [3.8, 4) is 11.4 Å². The summed E-state index contributed by atoms with van der Waals surface area (Å²) in [4.78, 5) is 16.2. The summed E-state index contributed by atoms with van der Waals surface area (Å²) in [5.74, 6) is 1.56. The Kier molecular flexibility index (Phi) is 6.88.